The van der Waals surface area contributed by atoms with E-state index in [0.29, 0.717) is 16.4 Å². The van der Waals surface area contributed by atoms with Crippen LogP contribution >= 0.6 is 11.8 Å². The standard InChI is InChI=1S/C24H28N6S/c1-29-11-7-19-20(6-10-27-22(19)29)31-21(25)16-28-23(26)30-12-8-24(9-13-30)14-17-4-2-3-5-18(17)15-24/h2-7,10-11,16H,8-9,12-15,25H2,1H3,(H2,26,28)/b21-16+. The van der Waals surface area contributed by atoms with Crippen molar-refractivity contribution < 1.29 is 0 Å². The van der Waals surface area contributed by atoms with Crippen molar-refractivity contribution in [2.45, 2.75) is 30.6 Å². The lowest BCUT2D eigenvalue weighted by Crippen LogP contribution is -2.46. The summed E-state index contributed by atoms with van der Waals surface area (Å²) >= 11 is 1.49. The van der Waals surface area contributed by atoms with Crippen molar-refractivity contribution in [1.82, 2.24) is 14.5 Å². The zero-order valence-corrected chi connectivity index (χ0v) is 18.6. The number of hydrogen-bond acceptors (Lipinski definition) is 4. The van der Waals surface area contributed by atoms with Gasteiger partial charge in [-0.05, 0) is 54.4 Å². The third-order valence-electron chi connectivity index (χ3n) is 6.68. The molecule has 0 unspecified atom stereocenters. The van der Waals surface area contributed by atoms with Crippen molar-refractivity contribution in [1.29, 1.82) is 0 Å². The molecular weight excluding hydrogens is 404 g/mol. The first-order valence-corrected chi connectivity index (χ1v) is 11.5. The second kappa shape index (κ2) is 7.96. The molecule has 1 fully saturated rings. The fraction of sp³-hybridized carbons (Fsp3) is 0.333. The molecule has 7 heteroatoms. The number of pyridine rings is 1. The summed E-state index contributed by atoms with van der Waals surface area (Å²) < 4.78 is 2.00. The molecule has 160 valence electrons. The lowest BCUT2D eigenvalue weighted by Gasteiger charge is -2.39. The van der Waals surface area contributed by atoms with E-state index in [9.17, 15) is 0 Å². The Hall–Kier alpha value is -2.93. The van der Waals surface area contributed by atoms with Crippen molar-refractivity contribution in [3.8, 4) is 0 Å². The third-order valence-corrected chi connectivity index (χ3v) is 7.59. The molecule has 31 heavy (non-hydrogen) atoms. The first-order valence-electron chi connectivity index (χ1n) is 10.7. The fourth-order valence-electron chi connectivity index (χ4n) is 4.93. The molecule has 0 atom stereocenters. The minimum absolute atomic E-state index is 0.396. The van der Waals surface area contributed by atoms with E-state index in [-0.39, 0.29) is 0 Å². The van der Waals surface area contributed by atoms with Gasteiger partial charge in [0.15, 0.2) is 5.96 Å². The van der Waals surface area contributed by atoms with Gasteiger partial charge in [-0.2, -0.15) is 0 Å². The highest BCUT2D eigenvalue weighted by Gasteiger charge is 2.39. The van der Waals surface area contributed by atoms with Crippen LogP contribution in [0.2, 0.25) is 0 Å². The topological polar surface area (TPSA) is 85.5 Å². The molecule has 2 aromatic heterocycles. The van der Waals surface area contributed by atoms with Crippen LogP contribution in [-0.2, 0) is 19.9 Å². The highest BCUT2D eigenvalue weighted by atomic mass is 32.2. The number of rotatable bonds is 3. The summed E-state index contributed by atoms with van der Waals surface area (Å²) in [7, 11) is 1.99. The number of likely N-dealkylation sites (tertiary alicyclic amines) is 1. The van der Waals surface area contributed by atoms with Gasteiger partial charge in [-0.3, -0.25) is 0 Å². The van der Waals surface area contributed by atoms with E-state index in [2.05, 4.69) is 45.2 Å². The summed E-state index contributed by atoms with van der Waals surface area (Å²) in [6, 6.07) is 12.9. The lowest BCUT2D eigenvalue weighted by atomic mass is 9.76. The molecule has 5 rings (SSSR count). The molecule has 2 aliphatic rings. The van der Waals surface area contributed by atoms with Crippen LogP contribution in [0.5, 0.6) is 0 Å². The van der Waals surface area contributed by atoms with Gasteiger partial charge in [0.2, 0.25) is 0 Å². The van der Waals surface area contributed by atoms with Gasteiger partial charge in [0.05, 0.1) is 11.2 Å². The number of nitrogens with zero attached hydrogens (tertiary/aromatic N) is 4. The second-order valence-corrected chi connectivity index (χ2v) is 9.82. The zero-order chi connectivity index (χ0) is 21.4. The first kappa shape index (κ1) is 20.0. The number of hydrogen-bond donors (Lipinski definition) is 2. The van der Waals surface area contributed by atoms with Crippen LogP contribution in [0.3, 0.4) is 0 Å². The molecular formula is C24H28N6S. The Balaban J connectivity index is 1.22. The predicted molar refractivity (Wildman–Crippen MR) is 128 cm³/mol. The van der Waals surface area contributed by atoms with Crippen molar-refractivity contribution in [3.63, 3.8) is 0 Å². The van der Waals surface area contributed by atoms with Crippen molar-refractivity contribution in [2.24, 2.45) is 28.9 Å². The summed E-state index contributed by atoms with van der Waals surface area (Å²) in [5.41, 5.74) is 16.9. The Morgan fingerprint density at radius 3 is 2.52 bits per heavy atom. The molecule has 6 nitrogen and oxygen atoms in total. The monoisotopic (exact) mass is 432 g/mol. The van der Waals surface area contributed by atoms with Gasteiger partial charge in [-0.15, -0.1) is 0 Å². The van der Waals surface area contributed by atoms with Crippen molar-refractivity contribution in [3.05, 3.63) is 71.1 Å². The number of aromatic nitrogens is 2. The van der Waals surface area contributed by atoms with Crippen molar-refractivity contribution in [2.75, 3.05) is 13.1 Å². The van der Waals surface area contributed by atoms with Gasteiger partial charge in [0.25, 0.3) is 0 Å². The third kappa shape index (κ3) is 3.90. The Morgan fingerprint density at radius 2 is 1.81 bits per heavy atom. The predicted octanol–water partition coefficient (Wildman–Crippen LogP) is 3.62. The van der Waals surface area contributed by atoms with E-state index in [0.717, 1.165) is 41.9 Å². The van der Waals surface area contributed by atoms with Gasteiger partial charge in [-0.1, -0.05) is 36.0 Å². The highest BCUT2D eigenvalue weighted by molar-refractivity contribution is 8.03. The van der Waals surface area contributed by atoms with Crippen LogP contribution < -0.4 is 11.5 Å². The van der Waals surface area contributed by atoms with Gasteiger partial charge in [-0.25, -0.2) is 9.98 Å². The second-order valence-electron chi connectivity index (χ2n) is 8.70. The summed E-state index contributed by atoms with van der Waals surface area (Å²) in [5, 5.41) is 1.70. The van der Waals surface area contributed by atoms with E-state index in [1.165, 1.54) is 35.7 Å². The number of fused-ring (bicyclic) bond motifs is 2. The number of benzene rings is 1. The molecule has 3 heterocycles. The maximum absolute atomic E-state index is 6.31. The molecule has 0 amide bonds. The number of aryl methyl sites for hydroxylation is 1. The average Bonchev–Trinajstić information content (AvgIpc) is 3.33. The maximum atomic E-state index is 6.31. The molecule has 0 bridgehead atoms. The van der Waals surface area contributed by atoms with Gasteiger partial charge >= 0.3 is 0 Å². The summed E-state index contributed by atoms with van der Waals surface area (Å²) in [6.45, 7) is 1.89. The van der Waals surface area contributed by atoms with E-state index >= 15 is 0 Å². The highest BCUT2D eigenvalue weighted by Crippen LogP contribution is 2.44. The quantitative estimate of drug-likeness (QED) is 0.375. The summed E-state index contributed by atoms with van der Waals surface area (Å²) in [4.78, 5) is 12.1. The van der Waals surface area contributed by atoms with Crippen LogP contribution in [0.1, 0.15) is 24.0 Å². The molecule has 3 aromatic rings. The molecule has 1 aliphatic heterocycles. The van der Waals surface area contributed by atoms with E-state index in [4.69, 9.17) is 11.5 Å². The number of nitrogens with two attached hydrogens (primary N) is 2. The van der Waals surface area contributed by atoms with Gasteiger partial charge in [0, 0.05) is 42.8 Å². The molecule has 1 aliphatic carbocycles. The van der Waals surface area contributed by atoms with Crippen LogP contribution in [0.25, 0.3) is 11.0 Å². The smallest absolute Gasteiger partial charge is 0.195 e. The van der Waals surface area contributed by atoms with Gasteiger partial charge < -0.3 is 20.9 Å². The number of thioether (sulfide) groups is 1. The lowest BCUT2D eigenvalue weighted by molar-refractivity contribution is 0.157. The normalized spacial score (nSPS) is 18.7. The summed E-state index contributed by atoms with van der Waals surface area (Å²) in [5.74, 6) is 0.550. The molecule has 1 spiro atoms. The fourth-order valence-corrected chi connectivity index (χ4v) is 5.69. The largest absolute Gasteiger partial charge is 0.392 e. The Morgan fingerprint density at radius 1 is 1.10 bits per heavy atom. The molecule has 0 saturated carbocycles. The van der Waals surface area contributed by atoms with Crippen LogP contribution in [-0.4, -0.2) is 33.5 Å². The van der Waals surface area contributed by atoms with Crippen LogP contribution in [0.15, 0.2) is 69.9 Å². The minimum atomic E-state index is 0.396. The Labute approximate surface area is 187 Å². The molecule has 4 N–H and O–H groups in total. The first-order chi connectivity index (χ1) is 15.0. The average molecular weight is 433 g/mol. The number of guanidine groups is 1. The van der Waals surface area contributed by atoms with Crippen molar-refractivity contribution >= 4 is 28.8 Å². The molecule has 0 radical (unpaired) electrons. The minimum Gasteiger partial charge on any atom is -0.392 e. The zero-order valence-electron chi connectivity index (χ0n) is 17.8. The Kier molecular flexibility index (Phi) is 5.14. The summed E-state index contributed by atoms with van der Waals surface area (Å²) in [6.07, 6.45) is 10.2. The SMILES string of the molecule is Cn1ccc2c(S/C(N)=C/N=C(N)N3CCC4(CC3)Cc3ccccc3C4)ccnc21. The Bertz CT molecular complexity index is 1140. The molecule has 1 aromatic carbocycles. The number of piperidine rings is 1. The maximum Gasteiger partial charge on any atom is 0.195 e. The van der Waals surface area contributed by atoms with Crippen LogP contribution in [0.4, 0.5) is 0 Å². The molecule has 1 saturated heterocycles. The van der Waals surface area contributed by atoms with E-state index in [1.807, 2.05) is 23.9 Å². The van der Waals surface area contributed by atoms with Crippen LogP contribution in [0, 0.1) is 5.41 Å². The van der Waals surface area contributed by atoms with Gasteiger partial charge in [0.1, 0.15) is 5.65 Å². The van der Waals surface area contributed by atoms with E-state index in [1.54, 1.807) is 12.4 Å². The number of aliphatic imine (C=N–C) groups is 1. The van der Waals surface area contributed by atoms with E-state index < -0.39 is 0 Å².